The molecule has 0 unspecified atom stereocenters. The number of hydrogen-bond donors (Lipinski definition) is 0. The lowest BCUT2D eigenvalue weighted by Gasteiger charge is -2.30. The van der Waals surface area contributed by atoms with Crippen molar-refractivity contribution in [1.29, 1.82) is 0 Å². The van der Waals surface area contributed by atoms with Crippen molar-refractivity contribution < 1.29 is 0 Å². The number of rotatable bonds is 8. The Morgan fingerprint density at radius 1 is 0.353 bits per heavy atom. The van der Waals surface area contributed by atoms with E-state index in [0.717, 1.165) is 17.1 Å². The summed E-state index contributed by atoms with van der Waals surface area (Å²) >= 11 is 0. The molecule has 2 heteroatoms. The molecule has 0 saturated heterocycles. The first-order valence-electron chi connectivity index (χ1n) is 18.3. The van der Waals surface area contributed by atoms with E-state index in [-0.39, 0.29) is 0 Å². The molecule has 0 heterocycles. The van der Waals surface area contributed by atoms with E-state index in [1.165, 1.54) is 77.2 Å². The largest absolute Gasteiger partial charge is 0.310 e. The first-order valence-corrected chi connectivity index (χ1v) is 18.3. The first-order chi connectivity index (χ1) is 24.7. The average Bonchev–Trinajstić information content (AvgIpc) is 3.12. The van der Waals surface area contributed by atoms with Crippen LogP contribution < -0.4 is 9.80 Å². The fourth-order valence-electron chi connectivity index (χ4n) is 7.80. The van der Waals surface area contributed by atoms with Crippen molar-refractivity contribution in [3.05, 3.63) is 167 Å². The molecular formula is C49H46N2. The average molecular weight is 663 g/mol. The number of hydrogen-bond acceptors (Lipinski definition) is 2. The van der Waals surface area contributed by atoms with E-state index >= 15 is 0 Å². The van der Waals surface area contributed by atoms with E-state index < -0.39 is 0 Å². The quantitative estimate of drug-likeness (QED) is 0.149. The minimum atomic E-state index is 0.477. The van der Waals surface area contributed by atoms with Crippen LogP contribution in [0.15, 0.2) is 140 Å². The Morgan fingerprint density at radius 3 is 1.14 bits per heavy atom. The molecule has 0 radical (unpaired) electrons. The number of benzene rings is 8. The van der Waals surface area contributed by atoms with Gasteiger partial charge in [0.2, 0.25) is 0 Å². The molecule has 0 aromatic heterocycles. The third kappa shape index (κ3) is 5.89. The van der Waals surface area contributed by atoms with Crippen LogP contribution in [0.25, 0.3) is 32.3 Å². The maximum atomic E-state index is 2.45. The molecule has 0 fully saturated rings. The Balaban J connectivity index is 1.38. The second-order valence-corrected chi connectivity index (χ2v) is 14.9. The van der Waals surface area contributed by atoms with Gasteiger partial charge in [-0.3, -0.25) is 0 Å². The van der Waals surface area contributed by atoms with Gasteiger partial charge >= 0.3 is 0 Å². The third-order valence-corrected chi connectivity index (χ3v) is 10.5. The zero-order chi connectivity index (χ0) is 35.4. The smallest absolute Gasteiger partial charge is 0.0540 e. The standard InChI is InChI=1S/C49H46N2/c1-31(2)36-10-20-41(21-11-36)50(40-18-8-33(5)9-19-40)46-26-16-38-15-25-45-47(27-17-39-14-24-44(46)48(38)49(39)45)51(43-29-34(6)28-35(7)30-43)42-22-12-37(13-23-42)32(3)4/h8-32H,1-7H3. The van der Waals surface area contributed by atoms with Gasteiger partial charge in [0.05, 0.1) is 11.4 Å². The molecule has 0 bridgehead atoms. The molecule has 0 atom stereocenters. The summed E-state index contributed by atoms with van der Waals surface area (Å²) in [6, 6.07) is 52.5. The number of aryl methyl sites for hydroxylation is 3. The van der Waals surface area contributed by atoms with Gasteiger partial charge in [-0.2, -0.15) is 0 Å². The molecule has 0 N–H and O–H groups in total. The van der Waals surface area contributed by atoms with Crippen LogP contribution in [0.4, 0.5) is 34.1 Å². The molecule has 0 aliphatic heterocycles. The highest BCUT2D eigenvalue weighted by Gasteiger charge is 2.22. The highest BCUT2D eigenvalue weighted by molar-refractivity contribution is 6.28. The molecule has 252 valence electrons. The molecule has 0 aliphatic carbocycles. The second kappa shape index (κ2) is 12.9. The van der Waals surface area contributed by atoms with Gasteiger partial charge in [-0.15, -0.1) is 0 Å². The SMILES string of the molecule is Cc1ccc(N(c2ccc(C(C)C)cc2)c2ccc3ccc4c(N(c5ccc(C(C)C)cc5)c5cc(C)cc(C)c5)ccc5ccc2c3c54)cc1. The van der Waals surface area contributed by atoms with Gasteiger partial charge in [0.1, 0.15) is 0 Å². The van der Waals surface area contributed by atoms with E-state index in [1.807, 2.05) is 0 Å². The van der Waals surface area contributed by atoms with Crippen molar-refractivity contribution in [3.63, 3.8) is 0 Å². The lowest BCUT2D eigenvalue weighted by Crippen LogP contribution is -2.12. The van der Waals surface area contributed by atoms with Crippen molar-refractivity contribution >= 4 is 66.4 Å². The van der Waals surface area contributed by atoms with Gasteiger partial charge in [-0.05, 0) is 137 Å². The summed E-state index contributed by atoms with van der Waals surface area (Å²) in [5, 5.41) is 7.60. The van der Waals surface area contributed by atoms with Crippen LogP contribution in [0.3, 0.4) is 0 Å². The highest BCUT2D eigenvalue weighted by atomic mass is 15.1. The van der Waals surface area contributed by atoms with Crippen LogP contribution in [-0.2, 0) is 0 Å². The van der Waals surface area contributed by atoms with Crippen LogP contribution in [-0.4, -0.2) is 0 Å². The zero-order valence-electron chi connectivity index (χ0n) is 30.8. The van der Waals surface area contributed by atoms with Crippen molar-refractivity contribution in [2.75, 3.05) is 9.80 Å². The summed E-state index contributed by atoms with van der Waals surface area (Å²) in [7, 11) is 0. The Bertz CT molecular complexity index is 2470. The van der Waals surface area contributed by atoms with Crippen LogP contribution in [0, 0.1) is 20.8 Å². The van der Waals surface area contributed by atoms with Crippen LogP contribution >= 0.6 is 0 Å². The Kier molecular flexibility index (Phi) is 8.27. The Hall–Kier alpha value is -5.60. The minimum Gasteiger partial charge on any atom is -0.310 e. The zero-order valence-corrected chi connectivity index (χ0v) is 30.8. The maximum absolute atomic E-state index is 2.45. The van der Waals surface area contributed by atoms with E-state index in [2.05, 4.69) is 198 Å². The van der Waals surface area contributed by atoms with Crippen molar-refractivity contribution in [3.8, 4) is 0 Å². The monoisotopic (exact) mass is 662 g/mol. The van der Waals surface area contributed by atoms with Crippen molar-refractivity contribution in [1.82, 2.24) is 0 Å². The molecule has 8 aromatic carbocycles. The summed E-state index contributed by atoms with van der Waals surface area (Å²) in [5.74, 6) is 0.956. The first kappa shape index (κ1) is 32.6. The molecule has 51 heavy (non-hydrogen) atoms. The van der Waals surface area contributed by atoms with Crippen LogP contribution in [0.2, 0.25) is 0 Å². The molecule has 0 spiro atoms. The summed E-state index contributed by atoms with van der Waals surface area (Å²) in [5.41, 5.74) is 13.5. The van der Waals surface area contributed by atoms with E-state index in [0.29, 0.717) is 11.8 Å². The van der Waals surface area contributed by atoms with Gasteiger partial charge in [0.25, 0.3) is 0 Å². The van der Waals surface area contributed by atoms with Gasteiger partial charge in [0.15, 0.2) is 0 Å². The summed E-state index contributed by atoms with van der Waals surface area (Å²) in [4.78, 5) is 4.88. The maximum Gasteiger partial charge on any atom is 0.0540 e. The predicted octanol–water partition coefficient (Wildman–Crippen LogP) is 14.7. The summed E-state index contributed by atoms with van der Waals surface area (Å²) in [6.07, 6.45) is 0. The fourth-order valence-corrected chi connectivity index (χ4v) is 7.80. The third-order valence-electron chi connectivity index (χ3n) is 10.5. The molecular weight excluding hydrogens is 617 g/mol. The lowest BCUT2D eigenvalue weighted by molar-refractivity contribution is 0.866. The van der Waals surface area contributed by atoms with E-state index in [9.17, 15) is 0 Å². The van der Waals surface area contributed by atoms with Crippen LogP contribution in [0.1, 0.15) is 67.3 Å². The van der Waals surface area contributed by atoms with Crippen molar-refractivity contribution in [2.45, 2.75) is 60.3 Å². The molecule has 0 saturated carbocycles. The van der Waals surface area contributed by atoms with E-state index in [4.69, 9.17) is 0 Å². The normalized spacial score (nSPS) is 11.8. The predicted molar refractivity (Wildman–Crippen MR) is 222 cm³/mol. The van der Waals surface area contributed by atoms with Crippen molar-refractivity contribution in [2.24, 2.45) is 0 Å². The number of anilines is 6. The summed E-state index contributed by atoms with van der Waals surface area (Å²) < 4.78 is 0. The van der Waals surface area contributed by atoms with Crippen LogP contribution in [0.5, 0.6) is 0 Å². The second-order valence-electron chi connectivity index (χ2n) is 14.9. The fraction of sp³-hybridized carbons (Fsp3) is 0.184. The molecule has 0 amide bonds. The van der Waals surface area contributed by atoms with E-state index in [1.54, 1.807) is 0 Å². The topological polar surface area (TPSA) is 6.48 Å². The van der Waals surface area contributed by atoms with Gasteiger partial charge in [-0.1, -0.05) is 112 Å². The lowest BCUT2D eigenvalue weighted by atomic mass is 9.91. The minimum absolute atomic E-state index is 0.477. The Morgan fingerprint density at radius 2 is 0.725 bits per heavy atom. The molecule has 8 rings (SSSR count). The Labute approximate surface area is 302 Å². The summed E-state index contributed by atoms with van der Waals surface area (Å²) in [6.45, 7) is 15.6. The molecule has 0 aliphatic rings. The van der Waals surface area contributed by atoms with Gasteiger partial charge in [-0.25, -0.2) is 0 Å². The molecule has 8 aromatic rings. The van der Waals surface area contributed by atoms with Gasteiger partial charge in [0, 0.05) is 33.5 Å². The van der Waals surface area contributed by atoms with Gasteiger partial charge < -0.3 is 9.80 Å². The highest BCUT2D eigenvalue weighted by Crippen LogP contribution is 2.47. The number of nitrogens with zero attached hydrogens (tertiary/aromatic N) is 2. The molecule has 2 nitrogen and oxygen atoms in total.